The van der Waals surface area contributed by atoms with E-state index < -0.39 is 10.0 Å². The van der Waals surface area contributed by atoms with E-state index in [9.17, 15) is 8.42 Å². The average molecular weight is 377 g/mol. The second-order valence-corrected chi connectivity index (χ2v) is 7.49. The Morgan fingerprint density at radius 1 is 1.04 bits per heavy atom. The maximum atomic E-state index is 12.8. The third kappa shape index (κ3) is 3.72. The minimum absolute atomic E-state index is 0.0162. The number of pyridine rings is 1. The molecule has 0 atom stereocenters. The third-order valence-corrected chi connectivity index (χ3v) is 5.59. The fourth-order valence-corrected chi connectivity index (χ4v) is 4.02. The molecule has 130 valence electrons. The summed E-state index contributed by atoms with van der Waals surface area (Å²) in [5.74, 6) is 0.637. The van der Waals surface area contributed by atoms with Gasteiger partial charge in [0.15, 0.2) is 0 Å². The summed E-state index contributed by atoms with van der Waals surface area (Å²) >= 11 is 1.45. The minimum Gasteiger partial charge on any atom is -0.497 e. The fourth-order valence-electron chi connectivity index (χ4n) is 2.19. The van der Waals surface area contributed by atoms with Gasteiger partial charge >= 0.3 is 0 Å². The molecule has 0 saturated heterocycles. The van der Waals surface area contributed by atoms with Gasteiger partial charge in [-0.3, -0.25) is 14.7 Å². The number of rotatable bonds is 6. The highest BCUT2D eigenvalue weighted by Gasteiger charge is 2.21. The zero-order valence-electron chi connectivity index (χ0n) is 13.5. The van der Waals surface area contributed by atoms with E-state index in [0.717, 1.165) is 10.4 Å². The SMILES string of the molecule is COc1ccc(OC)c(S(=O)(=O)Nc2cncc(-c3cncs3)c2)c1. The standard InChI is InChI=1S/C16H15N3O4S2/c1-22-13-3-4-14(23-2)16(6-13)25(20,21)19-12-5-11(7-17-8-12)15-9-18-10-24-15/h3-10,19H,1-2H3. The molecule has 0 radical (unpaired) electrons. The van der Waals surface area contributed by atoms with Gasteiger partial charge in [-0.25, -0.2) is 8.42 Å². The molecule has 0 amide bonds. The number of thiazole rings is 1. The first-order chi connectivity index (χ1) is 12.0. The Labute approximate surface area is 149 Å². The molecule has 0 aliphatic carbocycles. The van der Waals surface area contributed by atoms with Crippen LogP contribution in [0.2, 0.25) is 0 Å². The summed E-state index contributed by atoms with van der Waals surface area (Å²) in [6, 6.07) is 6.27. The van der Waals surface area contributed by atoms with Gasteiger partial charge in [-0.05, 0) is 18.2 Å². The molecule has 2 heterocycles. The van der Waals surface area contributed by atoms with E-state index in [1.165, 1.54) is 37.8 Å². The van der Waals surface area contributed by atoms with Crippen molar-refractivity contribution in [1.29, 1.82) is 0 Å². The van der Waals surface area contributed by atoms with Gasteiger partial charge in [0.05, 0.1) is 36.5 Å². The maximum Gasteiger partial charge on any atom is 0.265 e. The quantitative estimate of drug-likeness (QED) is 0.710. The smallest absolute Gasteiger partial charge is 0.265 e. The molecule has 0 spiro atoms. The van der Waals surface area contributed by atoms with Crippen molar-refractivity contribution in [3.8, 4) is 21.9 Å². The molecule has 0 bridgehead atoms. The van der Waals surface area contributed by atoms with E-state index in [-0.39, 0.29) is 10.6 Å². The van der Waals surface area contributed by atoms with Crippen LogP contribution in [-0.2, 0) is 10.0 Å². The summed E-state index contributed by atoms with van der Waals surface area (Å²) < 4.78 is 38.3. The molecule has 9 heteroatoms. The summed E-state index contributed by atoms with van der Waals surface area (Å²) in [7, 11) is -1.01. The van der Waals surface area contributed by atoms with Crippen molar-refractivity contribution in [3.05, 3.63) is 48.4 Å². The summed E-state index contributed by atoms with van der Waals surface area (Å²) in [5, 5.41) is 0. The van der Waals surface area contributed by atoms with Crippen LogP contribution in [0.1, 0.15) is 0 Å². The summed E-state index contributed by atoms with van der Waals surface area (Å²) in [6.07, 6.45) is 4.79. The predicted octanol–water partition coefficient (Wildman–Crippen LogP) is 3.02. The van der Waals surface area contributed by atoms with Crippen LogP contribution in [-0.4, -0.2) is 32.6 Å². The molecule has 2 aromatic heterocycles. The van der Waals surface area contributed by atoms with Crippen LogP contribution in [0.3, 0.4) is 0 Å². The Balaban J connectivity index is 1.96. The first kappa shape index (κ1) is 17.2. The molecule has 1 aromatic carbocycles. The van der Waals surface area contributed by atoms with Gasteiger partial charge in [-0.15, -0.1) is 11.3 Å². The number of nitrogens with zero attached hydrogens (tertiary/aromatic N) is 2. The van der Waals surface area contributed by atoms with Crippen molar-refractivity contribution in [2.75, 3.05) is 18.9 Å². The van der Waals surface area contributed by atoms with Crippen LogP contribution in [0.15, 0.2) is 53.3 Å². The molecule has 0 saturated carbocycles. The summed E-state index contributed by atoms with van der Waals surface area (Å²) in [4.78, 5) is 8.98. The van der Waals surface area contributed by atoms with E-state index in [1.807, 2.05) is 0 Å². The normalized spacial score (nSPS) is 11.1. The minimum atomic E-state index is -3.88. The lowest BCUT2D eigenvalue weighted by Gasteiger charge is -2.13. The van der Waals surface area contributed by atoms with Gasteiger partial charge < -0.3 is 9.47 Å². The molecular formula is C16H15N3O4S2. The first-order valence-corrected chi connectivity index (χ1v) is 9.48. The zero-order chi connectivity index (χ0) is 17.9. The van der Waals surface area contributed by atoms with Crippen molar-refractivity contribution >= 4 is 27.0 Å². The second-order valence-electron chi connectivity index (χ2n) is 4.95. The Kier molecular flexibility index (Phi) is 4.86. The van der Waals surface area contributed by atoms with Gasteiger partial charge in [0.1, 0.15) is 16.4 Å². The molecule has 25 heavy (non-hydrogen) atoms. The third-order valence-electron chi connectivity index (χ3n) is 3.37. The van der Waals surface area contributed by atoms with Gasteiger partial charge in [0, 0.05) is 24.0 Å². The number of sulfonamides is 1. The molecule has 1 N–H and O–H groups in total. The number of aromatic nitrogens is 2. The van der Waals surface area contributed by atoms with Gasteiger partial charge in [-0.1, -0.05) is 0 Å². The molecule has 7 nitrogen and oxygen atoms in total. The van der Waals surface area contributed by atoms with Crippen molar-refractivity contribution in [2.45, 2.75) is 4.90 Å². The van der Waals surface area contributed by atoms with Crippen LogP contribution in [0.25, 0.3) is 10.4 Å². The maximum absolute atomic E-state index is 12.8. The summed E-state index contributed by atoms with van der Waals surface area (Å²) in [5.41, 5.74) is 2.82. The van der Waals surface area contributed by atoms with Gasteiger partial charge in [0.2, 0.25) is 0 Å². The van der Waals surface area contributed by atoms with E-state index >= 15 is 0 Å². The Morgan fingerprint density at radius 3 is 2.56 bits per heavy atom. The highest BCUT2D eigenvalue weighted by molar-refractivity contribution is 7.92. The number of nitrogens with one attached hydrogen (secondary N) is 1. The lowest BCUT2D eigenvalue weighted by Crippen LogP contribution is -2.14. The Bertz CT molecular complexity index is 973. The predicted molar refractivity (Wildman–Crippen MR) is 95.7 cm³/mol. The average Bonchev–Trinajstić information content (AvgIpc) is 3.15. The van der Waals surface area contributed by atoms with Crippen LogP contribution in [0.4, 0.5) is 5.69 Å². The van der Waals surface area contributed by atoms with E-state index in [2.05, 4.69) is 14.7 Å². The monoisotopic (exact) mass is 377 g/mol. The molecule has 0 fully saturated rings. The number of anilines is 1. The highest BCUT2D eigenvalue weighted by atomic mass is 32.2. The lowest BCUT2D eigenvalue weighted by molar-refractivity contribution is 0.392. The first-order valence-electron chi connectivity index (χ1n) is 7.12. The Morgan fingerprint density at radius 2 is 1.88 bits per heavy atom. The van der Waals surface area contributed by atoms with Crippen molar-refractivity contribution in [2.24, 2.45) is 0 Å². The number of benzene rings is 1. The van der Waals surface area contributed by atoms with Gasteiger partial charge in [0.25, 0.3) is 10.0 Å². The number of methoxy groups -OCH3 is 2. The largest absolute Gasteiger partial charge is 0.497 e. The molecule has 0 aliphatic rings. The molecular weight excluding hydrogens is 362 g/mol. The molecule has 3 rings (SSSR count). The number of ether oxygens (including phenoxy) is 2. The topological polar surface area (TPSA) is 90.4 Å². The molecule has 0 aliphatic heterocycles. The number of hydrogen-bond donors (Lipinski definition) is 1. The Hall–Kier alpha value is -2.65. The van der Waals surface area contributed by atoms with Crippen LogP contribution in [0.5, 0.6) is 11.5 Å². The lowest BCUT2D eigenvalue weighted by atomic mass is 10.2. The number of hydrogen-bond acceptors (Lipinski definition) is 7. The van der Waals surface area contributed by atoms with Crippen molar-refractivity contribution in [3.63, 3.8) is 0 Å². The van der Waals surface area contributed by atoms with E-state index in [1.54, 1.807) is 36.1 Å². The van der Waals surface area contributed by atoms with Crippen molar-refractivity contribution < 1.29 is 17.9 Å². The molecule has 0 unspecified atom stereocenters. The highest BCUT2D eigenvalue weighted by Crippen LogP contribution is 2.30. The van der Waals surface area contributed by atoms with Crippen LogP contribution < -0.4 is 14.2 Å². The van der Waals surface area contributed by atoms with E-state index in [0.29, 0.717) is 11.4 Å². The van der Waals surface area contributed by atoms with E-state index in [4.69, 9.17) is 9.47 Å². The van der Waals surface area contributed by atoms with Gasteiger partial charge in [-0.2, -0.15) is 0 Å². The molecule has 3 aromatic rings. The zero-order valence-corrected chi connectivity index (χ0v) is 15.1. The second kappa shape index (κ2) is 7.08. The van der Waals surface area contributed by atoms with Crippen molar-refractivity contribution in [1.82, 2.24) is 9.97 Å². The fraction of sp³-hybridized carbons (Fsp3) is 0.125. The van der Waals surface area contributed by atoms with Crippen LogP contribution in [0, 0.1) is 0 Å². The summed E-state index contributed by atoms with van der Waals surface area (Å²) in [6.45, 7) is 0. The van der Waals surface area contributed by atoms with Crippen LogP contribution >= 0.6 is 11.3 Å².